The molecule has 0 fully saturated rings. The molecule has 4 N–H and O–H groups in total. The van der Waals surface area contributed by atoms with Gasteiger partial charge in [-0.3, -0.25) is 0 Å². The summed E-state index contributed by atoms with van der Waals surface area (Å²) in [4.78, 5) is 9.59. The maximum Gasteiger partial charge on any atom is 0.170 e. The highest BCUT2D eigenvalue weighted by Gasteiger charge is 2.26. The summed E-state index contributed by atoms with van der Waals surface area (Å²) >= 11 is 1.82. The quantitative estimate of drug-likeness (QED) is 0.0843. The molecule has 0 amide bonds. The van der Waals surface area contributed by atoms with Gasteiger partial charge in [0, 0.05) is 53.0 Å². The van der Waals surface area contributed by atoms with Gasteiger partial charge in [0.15, 0.2) is 28.8 Å². The van der Waals surface area contributed by atoms with Crippen molar-refractivity contribution in [1.29, 1.82) is 0 Å². The minimum absolute atomic E-state index is 0.126. The molecule has 9 heteroatoms. The van der Waals surface area contributed by atoms with Crippen molar-refractivity contribution in [2.75, 3.05) is 0 Å². The number of benzene rings is 7. The van der Waals surface area contributed by atoms with Crippen LogP contribution in [0, 0.1) is 0 Å². The Morgan fingerprint density at radius 1 is 0.549 bits per heavy atom. The Balaban J connectivity index is 1.23. The van der Waals surface area contributed by atoms with Crippen LogP contribution in [0.25, 0.3) is 92.0 Å². The van der Waals surface area contributed by atoms with E-state index >= 15 is 0 Å². The first-order chi connectivity index (χ1) is 24.9. The molecule has 0 aliphatic heterocycles. The maximum atomic E-state index is 10.9. The molecule has 10 aromatic rings. The average molecular weight is 678 g/mol. The molecule has 0 spiro atoms. The van der Waals surface area contributed by atoms with Gasteiger partial charge in [0.25, 0.3) is 0 Å². The lowest BCUT2D eigenvalue weighted by Crippen LogP contribution is -2.06. The van der Waals surface area contributed by atoms with Crippen LogP contribution in [-0.2, 0) is 0 Å². The Labute approximate surface area is 295 Å². The summed E-state index contributed by atoms with van der Waals surface area (Å²) in [5.41, 5.74) is 3.76. The minimum atomic E-state index is -0.750. The molecule has 7 nitrogen and oxygen atoms in total. The standard InChI is InChI=1S/C42H24BN3O4S/c43-34-39(49)37(47)33(38(48)40(34)50)35-25-11-3-6-14-28(25)44-42(45-35)21-17-19-22(20-18-21)46-29-15-7-4-12-26(29)31-23-9-1-2-10-24(23)41-32(36(31)46)27-13-5-8-16-30(27)51-41/h1-20,47-50H. The van der Waals surface area contributed by atoms with Crippen molar-refractivity contribution < 1.29 is 20.4 Å². The highest BCUT2D eigenvalue weighted by molar-refractivity contribution is 7.27. The van der Waals surface area contributed by atoms with Gasteiger partial charge < -0.3 is 25.0 Å². The van der Waals surface area contributed by atoms with E-state index in [0.717, 1.165) is 16.7 Å². The van der Waals surface area contributed by atoms with Crippen molar-refractivity contribution in [3.05, 3.63) is 121 Å². The Morgan fingerprint density at radius 2 is 1.16 bits per heavy atom. The van der Waals surface area contributed by atoms with E-state index in [1.807, 2.05) is 41.7 Å². The molecular formula is C42H24BN3O4S. The van der Waals surface area contributed by atoms with Crippen LogP contribution in [0.3, 0.4) is 0 Å². The predicted molar refractivity (Wildman–Crippen MR) is 207 cm³/mol. The van der Waals surface area contributed by atoms with Crippen molar-refractivity contribution in [2.24, 2.45) is 0 Å². The summed E-state index contributed by atoms with van der Waals surface area (Å²) in [6, 6.07) is 40.9. The van der Waals surface area contributed by atoms with Gasteiger partial charge in [-0.1, -0.05) is 78.9 Å². The van der Waals surface area contributed by atoms with Gasteiger partial charge in [-0.25, -0.2) is 9.97 Å². The number of nitrogens with zero attached hydrogens (tertiary/aromatic N) is 3. The lowest BCUT2D eigenvalue weighted by Gasteiger charge is -2.16. The van der Waals surface area contributed by atoms with Crippen LogP contribution in [0.1, 0.15) is 0 Å². The lowest BCUT2D eigenvalue weighted by molar-refractivity contribution is 0.380. The van der Waals surface area contributed by atoms with E-state index in [0.29, 0.717) is 22.3 Å². The van der Waals surface area contributed by atoms with Gasteiger partial charge in [-0.15, -0.1) is 11.3 Å². The van der Waals surface area contributed by atoms with Crippen LogP contribution in [0.2, 0.25) is 0 Å². The second-order valence-electron chi connectivity index (χ2n) is 12.6. The Hall–Kier alpha value is -6.58. The largest absolute Gasteiger partial charge is 0.505 e. The van der Waals surface area contributed by atoms with Crippen LogP contribution >= 0.6 is 11.3 Å². The number of para-hydroxylation sites is 2. The third-order valence-electron chi connectivity index (χ3n) is 9.80. The van der Waals surface area contributed by atoms with Gasteiger partial charge >= 0.3 is 0 Å². The summed E-state index contributed by atoms with van der Waals surface area (Å²) in [7, 11) is 5.71. The second-order valence-corrected chi connectivity index (χ2v) is 13.6. The van der Waals surface area contributed by atoms with E-state index in [4.69, 9.17) is 17.8 Å². The summed E-state index contributed by atoms with van der Waals surface area (Å²) in [5.74, 6) is -2.57. The van der Waals surface area contributed by atoms with Crippen LogP contribution in [-0.4, -0.2) is 42.8 Å². The topological polar surface area (TPSA) is 112 Å². The Morgan fingerprint density at radius 3 is 1.90 bits per heavy atom. The lowest BCUT2D eigenvalue weighted by atomic mass is 9.89. The zero-order valence-corrected chi connectivity index (χ0v) is 27.5. The fourth-order valence-corrected chi connectivity index (χ4v) is 8.73. The van der Waals surface area contributed by atoms with Crippen LogP contribution in [0.4, 0.5) is 0 Å². The average Bonchev–Trinajstić information content (AvgIpc) is 3.73. The van der Waals surface area contributed by atoms with Crippen molar-refractivity contribution >= 4 is 88.3 Å². The monoisotopic (exact) mass is 677 g/mol. The molecule has 0 saturated heterocycles. The maximum absolute atomic E-state index is 10.9. The van der Waals surface area contributed by atoms with Crippen molar-refractivity contribution in [3.63, 3.8) is 0 Å². The molecule has 2 radical (unpaired) electrons. The number of phenols is 4. The van der Waals surface area contributed by atoms with E-state index in [9.17, 15) is 20.4 Å². The third-order valence-corrected chi connectivity index (χ3v) is 11.0. The first-order valence-electron chi connectivity index (χ1n) is 16.3. The SMILES string of the molecule is [B]c1c(O)c(O)c(-c2nc(-c3ccc(-n4c5ccccc5c5c6ccccc6c6sc7ccccc7c6c54)cc3)nc3ccccc23)c(O)c1O. The number of hydrogen-bond acceptors (Lipinski definition) is 7. The Kier molecular flexibility index (Phi) is 6.16. The van der Waals surface area contributed by atoms with Gasteiger partial charge in [0.1, 0.15) is 7.85 Å². The van der Waals surface area contributed by atoms with Crippen LogP contribution in [0.15, 0.2) is 121 Å². The molecule has 0 aliphatic carbocycles. The molecule has 0 atom stereocenters. The molecule has 0 bridgehead atoms. The molecule has 10 rings (SSSR count). The molecule has 0 unspecified atom stereocenters. The van der Waals surface area contributed by atoms with E-state index in [2.05, 4.69) is 77.4 Å². The highest BCUT2D eigenvalue weighted by atomic mass is 32.1. The summed E-state index contributed by atoms with van der Waals surface area (Å²) in [6.45, 7) is 0. The first kappa shape index (κ1) is 29.4. The molecule has 3 aromatic heterocycles. The number of phenolic OH excluding ortho intramolecular Hbond substituents is 4. The van der Waals surface area contributed by atoms with Crippen molar-refractivity contribution in [1.82, 2.24) is 14.5 Å². The normalized spacial score (nSPS) is 11.9. The fourth-order valence-electron chi connectivity index (χ4n) is 7.48. The van der Waals surface area contributed by atoms with E-state index in [1.165, 1.54) is 41.7 Å². The molecule has 0 aliphatic rings. The third kappa shape index (κ3) is 4.06. The fraction of sp³-hybridized carbons (Fsp3) is 0. The summed E-state index contributed by atoms with van der Waals surface area (Å²) in [5, 5.41) is 50.5. The van der Waals surface area contributed by atoms with Gasteiger partial charge in [0.05, 0.1) is 27.8 Å². The van der Waals surface area contributed by atoms with E-state index in [-0.39, 0.29) is 11.3 Å². The smallest absolute Gasteiger partial charge is 0.170 e. The summed E-state index contributed by atoms with van der Waals surface area (Å²) in [6.07, 6.45) is 0. The Bertz CT molecular complexity index is 3070. The molecule has 240 valence electrons. The number of aromatic hydroxyl groups is 4. The minimum Gasteiger partial charge on any atom is -0.505 e. The highest BCUT2D eigenvalue weighted by Crippen LogP contribution is 2.49. The number of hydrogen-bond donors (Lipinski definition) is 4. The number of thiophene rings is 1. The molecule has 0 saturated carbocycles. The van der Waals surface area contributed by atoms with Crippen LogP contribution in [0.5, 0.6) is 23.0 Å². The van der Waals surface area contributed by atoms with E-state index < -0.39 is 28.5 Å². The number of fused-ring (bicyclic) bond motifs is 11. The first-order valence-corrected chi connectivity index (χ1v) is 17.1. The number of aromatic nitrogens is 3. The number of rotatable bonds is 3. The second kappa shape index (κ2) is 10.7. The van der Waals surface area contributed by atoms with Crippen LogP contribution < -0.4 is 5.46 Å². The zero-order chi connectivity index (χ0) is 34.5. The van der Waals surface area contributed by atoms with E-state index in [1.54, 1.807) is 18.2 Å². The van der Waals surface area contributed by atoms with Gasteiger partial charge in [-0.05, 0) is 53.3 Å². The van der Waals surface area contributed by atoms with Crippen molar-refractivity contribution in [2.45, 2.75) is 0 Å². The zero-order valence-electron chi connectivity index (χ0n) is 26.7. The molecule has 7 aromatic carbocycles. The van der Waals surface area contributed by atoms with Crippen molar-refractivity contribution in [3.8, 4) is 51.3 Å². The summed E-state index contributed by atoms with van der Waals surface area (Å²) < 4.78 is 4.83. The molecule has 51 heavy (non-hydrogen) atoms. The molecular weight excluding hydrogens is 653 g/mol. The van der Waals surface area contributed by atoms with Gasteiger partial charge in [-0.2, -0.15) is 0 Å². The molecule has 3 heterocycles. The van der Waals surface area contributed by atoms with Gasteiger partial charge in [0.2, 0.25) is 0 Å². The predicted octanol–water partition coefficient (Wildman–Crippen LogP) is 9.20.